The zero-order valence-corrected chi connectivity index (χ0v) is 10.3. The molecule has 0 bridgehead atoms. The van der Waals surface area contributed by atoms with E-state index in [1.165, 1.54) is 11.3 Å². The highest BCUT2D eigenvalue weighted by Gasteiger charge is 2.17. The summed E-state index contributed by atoms with van der Waals surface area (Å²) >= 11 is 0. The second-order valence-electron chi connectivity index (χ2n) is 4.41. The summed E-state index contributed by atoms with van der Waals surface area (Å²) in [5.74, 6) is 0. The Morgan fingerprint density at radius 3 is 2.53 bits per heavy atom. The van der Waals surface area contributed by atoms with Crippen LogP contribution in [0.4, 0.5) is 5.69 Å². The number of hydrogen-bond donors (Lipinski definition) is 1. The van der Waals surface area contributed by atoms with Gasteiger partial charge in [0.05, 0.1) is 0 Å². The van der Waals surface area contributed by atoms with E-state index in [0.717, 1.165) is 32.7 Å². The fraction of sp³-hybridized carbons (Fsp3) is 0.429. The van der Waals surface area contributed by atoms with Crippen LogP contribution in [-0.2, 0) is 6.54 Å². The molecule has 0 saturated carbocycles. The lowest BCUT2D eigenvalue weighted by Crippen LogP contribution is -2.46. The van der Waals surface area contributed by atoms with Crippen LogP contribution >= 0.6 is 0 Å². The number of anilines is 1. The first-order valence-electron chi connectivity index (χ1n) is 6.21. The minimum absolute atomic E-state index is 0.614. The minimum atomic E-state index is 0.614. The van der Waals surface area contributed by atoms with E-state index in [0.29, 0.717) is 6.54 Å². The largest absolute Gasteiger partial charge is 0.369 e. The Bertz CT molecular complexity index is 367. The number of piperazine rings is 1. The van der Waals surface area contributed by atoms with Crippen LogP contribution in [0.5, 0.6) is 0 Å². The van der Waals surface area contributed by atoms with Gasteiger partial charge >= 0.3 is 0 Å². The minimum Gasteiger partial charge on any atom is -0.369 e. The van der Waals surface area contributed by atoms with Gasteiger partial charge in [0.15, 0.2) is 0 Å². The fourth-order valence-corrected chi connectivity index (χ4v) is 2.35. The zero-order chi connectivity index (χ0) is 12.1. The summed E-state index contributed by atoms with van der Waals surface area (Å²) in [7, 11) is 0. The van der Waals surface area contributed by atoms with Gasteiger partial charge in [-0.3, -0.25) is 4.90 Å². The lowest BCUT2D eigenvalue weighted by atomic mass is 10.1. The van der Waals surface area contributed by atoms with Crippen LogP contribution in [0.1, 0.15) is 5.56 Å². The van der Waals surface area contributed by atoms with Crippen LogP contribution in [0.3, 0.4) is 0 Å². The van der Waals surface area contributed by atoms with Crippen molar-refractivity contribution in [3.8, 4) is 0 Å². The van der Waals surface area contributed by atoms with Crippen LogP contribution < -0.4 is 10.6 Å². The molecule has 92 valence electrons. The number of nitrogens with zero attached hydrogens (tertiary/aromatic N) is 2. The molecular formula is C14H21N3. The first-order chi connectivity index (χ1) is 8.35. The lowest BCUT2D eigenvalue weighted by molar-refractivity contribution is 0.284. The van der Waals surface area contributed by atoms with Crippen LogP contribution in [0.2, 0.25) is 0 Å². The maximum absolute atomic E-state index is 5.78. The van der Waals surface area contributed by atoms with Gasteiger partial charge in [-0.25, -0.2) is 0 Å². The molecule has 1 saturated heterocycles. The van der Waals surface area contributed by atoms with E-state index >= 15 is 0 Å². The molecule has 0 unspecified atom stereocenters. The topological polar surface area (TPSA) is 32.5 Å². The average molecular weight is 231 g/mol. The fourth-order valence-electron chi connectivity index (χ4n) is 2.35. The molecule has 1 heterocycles. The van der Waals surface area contributed by atoms with Gasteiger partial charge in [-0.1, -0.05) is 24.3 Å². The van der Waals surface area contributed by atoms with Crippen molar-refractivity contribution in [3.63, 3.8) is 0 Å². The van der Waals surface area contributed by atoms with E-state index in [9.17, 15) is 0 Å². The molecule has 0 amide bonds. The third-order valence-corrected chi connectivity index (χ3v) is 3.31. The van der Waals surface area contributed by atoms with Gasteiger partial charge in [-0.15, -0.1) is 6.58 Å². The Hall–Kier alpha value is -1.32. The van der Waals surface area contributed by atoms with Gasteiger partial charge < -0.3 is 10.6 Å². The molecule has 1 fully saturated rings. The van der Waals surface area contributed by atoms with Crippen molar-refractivity contribution in [2.24, 2.45) is 5.73 Å². The highest BCUT2D eigenvalue weighted by Crippen LogP contribution is 2.21. The molecule has 3 heteroatoms. The summed E-state index contributed by atoms with van der Waals surface area (Å²) in [4.78, 5) is 4.86. The van der Waals surface area contributed by atoms with Crippen molar-refractivity contribution >= 4 is 5.69 Å². The summed E-state index contributed by atoms with van der Waals surface area (Å²) in [5, 5.41) is 0. The van der Waals surface area contributed by atoms with Crippen molar-refractivity contribution in [1.82, 2.24) is 4.90 Å². The second-order valence-corrected chi connectivity index (χ2v) is 4.41. The Labute approximate surface area is 104 Å². The van der Waals surface area contributed by atoms with E-state index in [1.807, 2.05) is 6.08 Å². The van der Waals surface area contributed by atoms with Crippen molar-refractivity contribution in [1.29, 1.82) is 0 Å². The second kappa shape index (κ2) is 5.84. The summed E-state index contributed by atoms with van der Waals surface area (Å²) in [6.07, 6.45) is 1.98. The van der Waals surface area contributed by atoms with E-state index in [2.05, 4.69) is 40.6 Å². The third-order valence-electron chi connectivity index (χ3n) is 3.31. The molecule has 3 nitrogen and oxygen atoms in total. The van der Waals surface area contributed by atoms with Crippen LogP contribution in [-0.4, -0.2) is 37.6 Å². The summed E-state index contributed by atoms with van der Waals surface area (Å²) in [5.41, 5.74) is 8.32. The number of para-hydroxylation sites is 1. The predicted molar refractivity (Wildman–Crippen MR) is 73.2 cm³/mol. The lowest BCUT2D eigenvalue weighted by Gasteiger charge is -2.36. The SMILES string of the molecule is C=CCN1CCN(c2ccccc2CN)CC1. The molecule has 17 heavy (non-hydrogen) atoms. The maximum Gasteiger partial charge on any atom is 0.0412 e. The molecule has 0 aromatic heterocycles. The Balaban J connectivity index is 2.02. The van der Waals surface area contributed by atoms with Gasteiger partial charge in [0, 0.05) is 45.0 Å². The van der Waals surface area contributed by atoms with Gasteiger partial charge in [0.25, 0.3) is 0 Å². The van der Waals surface area contributed by atoms with E-state index in [1.54, 1.807) is 0 Å². The molecular weight excluding hydrogens is 210 g/mol. The van der Waals surface area contributed by atoms with Crippen molar-refractivity contribution in [3.05, 3.63) is 42.5 Å². The predicted octanol–water partition coefficient (Wildman–Crippen LogP) is 1.45. The van der Waals surface area contributed by atoms with Crippen LogP contribution in [0.15, 0.2) is 36.9 Å². The molecule has 0 spiro atoms. The van der Waals surface area contributed by atoms with Gasteiger partial charge in [-0.05, 0) is 11.6 Å². The van der Waals surface area contributed by atoms with Gasteiger partial charge in [0.1, 0.15) is 0 Å². The van der Waals surface area contributed by atoms with E-state index in [4.69, 9.17) is 5.73 Å². The van der Waals surface area contributed by atoms with E-state index in [-0.39, 0.29) is 0 Å². The highest BCUT2D eigenvalue weighted by atomic mass is 15.3. The van der Waals surface area contributed by atoms with Crippen molar-refractivity contribution in [2.75, 3.05) is 37.6 Å². The molecule has 1 aliphatic rings. The molecule has 1 aliphatic heterocycles. The number of rotatable bonds is 4. The summed E-state index contributed by atoms with van der Waals surface area (Å²) in [6.45, 7) is 9.75. The molecule has 0 atom stereocenters. The maximum atomic E-state index is 5.78. The molecule has 1 aromatic rings. The standard InChI is InChI=1S/C14H21N3/c1-2-7-16-8-10-17(11-9-16)14-6-4-3-5-13(14)12-15/h2-6H,1,7-12,15H2. The Morgan fingerprint density at radius 2 is 1.88 bits per heavy atom. The Morgan fingerprint density at radius 1 is 1.18 bits per heavy atom. The monoisotopic (exact) mass is 231 g/mol. The first-order valence-corrected chi connectivity index (χ1v) is 6.21. The zero-order valence-electron chi connectivity index (χ0n) is 10.3. The van der Waals surface area contributed by atoms with Crippen molar-refractivity contribution in [2.45, 2.75) is 6.54 Å². The summed E-state index contributed by atoms with van der Waals surface area (Å²) in [6, 6.07) is 8.43. The molecule has 0 radical (unpaired) electrons. The quantitative estimate of drug-likeness (QED) is 0.796. The number of hydrogen-bond acceptors (Lipinski definition) is 3. The third kappa shape index (κ3) is 2.87. The first kappa shape index (κ1) is 12.1. The summed E-state index contributed by atoms with van der Waals surface area (Å²) < 4.78 is 0. The number of benzene rings is 1. The molecule has 2 rings (SSSR count). The molecule has 2 N–H and O–H groups in total. The van der Waals surface area contributed by atoms with Gasteiger partial charge in [-0.2, -0.15) is 0 Å². The highest BCUT2D eigenvalue weighted by molar-refractivity contribution is 5.53. The Kier molecular flexibility index (Phi) is 4.18. The normalized spacial score (nSPS) is 17.1. The smallest absolute Gasteiger partial charge is 0.0412 e. The number of nitrogens with two attached hydrogens (primary N) is 1. The molecule has 0 aliphatic carbocycles. The molecule has 1 aromatic carbocycles. The van der Waals surface area contributed by atoms with Crippen LogP contribution in [0, 0.1) is 0 Å². The van der Waals surface area contributed by atoms with Crippen molar-refractivity contribution < 1.29 is 0 Å². The van der Waals surface area contributed by atoms with Gasteiger partial charge in [0.2, 0.25) is 0 Å². The average Bonchev–Trinajstić information content (AvgIpc) is 2.40. The van der Waals surface area contributed by atoms with E-state index < -0.39 is 0 Å². The van der Waals surface area contributed by atoms with Crippen LogP contribution in [0.25, 0.3) is 0 Å².